The van der Waals surface area contributed by atoms with Crippen LogP contribution < -0.4 is 5.32 Å². The van der Waals surface area contributed by atoms with Crippen LogP contribution in [0.15, 0.2) is 0 Å². The first-order valence-corrected chi connectivity index (χ1v) is 8.17. The molecule has 0 aromatic carbocycles. The molecule has 0 bridgehead atoms. The van der Waals surface area contributed by atoms with E-state index in [-0.39, 0.29) is 18.2 Å². The van der Waals surface area contributed by atoms with Gasteiger partial charge in [-0.3, -0.25) is 0 Å². The van der Waals surface area contributed by atoms with Crippen LogP contribution in [0.3, 0.4) is 0 Å². The second kappa shape index (κ2) is 6.53. The number of carbonyl (C=O) groups excluding carboxylic acids is 1. The molecule has 122 valence electrons. The van der Waals surface area contributed by atoms with Crippen molar-refractivity contribution in [3.05, 3.63) is 0 Å². The molecule has 5 nitrogen and oxygen atoms in total. The normalized spacial score (nSPS) is 25.3. The van der Waals surface area contributed by atoms with Gasteiger partial charge in [-0.2, -0.15) is 0 Å². The smallest absolute Gasteiger partial charge is 0.410 e. The van der Waals surface area contributed by atoms with Crippen molar-refractivity contribution in [2.45, 2.75) is 64.0 Å². The number of aliphatic hydroxyl groups excluding tert-OH is 1. The number of nitrogens with one attached hydrogen (secondary N) is 1. The fourth-order valence-corrected chi connectivity index (χ4v) is 3.08. The lowest BCUT2D eigenvalue weighted by Gasteiger charge is -2.43. The third-order valence-electron chi connectivity index (χ3n) is 4.55. The molecule has 21 heavy (non-hydrogen) atoms. The average molecular weight is 298 g/mol. The zero-order valence-corrected chi connectivity index (χ0v) is 13.7. The molecule has 0 spiro atoms. The fourth-order valence-electron chi connectivity index (χ4n) is 3.08. The van der Waals surface area contributed by atoms with Crippen molar-refractivity contribution in [1.29, 1.82) is 0 Å². The highest BCUT2D eigenvalue weighted by Gasteiger charge is 2.37. The molecule has 2 N–H and O–H groups in total. The van der Waals surface area contributed by atoms with E-state index in [1.165, 1.54) is 6.42 Å². The van der Waals surface area contributed by atoms with Gasteiger partial charge in [-0.25, -0.2) is 4.79 Å². The van der Waals surface area contributed by atoms with E-state index >= 15 is 0 Å². The molecule has 0 aromatic rings. The first-order chi connectivity index (χ1) is 9.84. The van der Waals surface area contributed by atoms with Gasteiger partial charge in [0.2, 0.25) is 0 Å². The maximum atomic E-state index is 12.1. The molecule has 1 saturated carbocycles. The van der Waals surface area contributed by atoms with Gasteiger partial charge in [0.05, 0.1) is 6.61 Å². The van der Waals surface area contributed by atoms with E-state index in [2.05, 4.69) is 5.32 Å². The maximum absolute atomic E-state index is 12.1. The molecule has 1 aliphatic heterocycles. The van der Waals surface area contributed by atoms with Crippen molar-refractivity contribution in [2.75, 3.05) is 26.2 Å². The molecule has 1 unspecified atom stereocenters. The minimum atomic E-state index is -0.435. The second-order valence-electron chi connectivity index (χ2n) is 7.61. The summed E-state index contributed by atoms with van der Waals surface area (Å²) in [6, 6.07) is 0. The molecule has 1 amide bonds. The number of ether oxygens (including phenoxy) is 1. The quantitative estimate of drug-likeness (QED) is 0.835. The number of hydrogen-bond acceptors (Lipinski definition) is 4. The molecule has 2 aliphatic rings. The van der Waals surface area contributed by atoms with Crippen LogP contribution in [0.25, 0.3) is 0 Å². The summed E-state index contributed by atoms with van der Waals surface area (Å²) in [5.41, 5.74) is -0.483. The van der Waals surface area contributed by atoms with Gasteiger partial charge in [-0.05, 0) is 58.8 Å². The van der Waals surface area contributed by atoms with E-state index in [9.17, 15) is 9.90 Å². The summed E-state index contributed by atoms with van der Waals surface area (Å²) in [5, 5.41) is 13.0. The number of rotatable bonds is 4. The Hall–Kier alpha value is -0.810. The summed E-state index contributed by atoms with van der Waals surface area (Å²) in [6.45, 7) is 8.33. The van der Waals surface area contributed by atoms with Crippen molar-refractivity contribution in [2.24, 2.45) is 5.92 Å². The largest absolute Gasteiger partial charge is 0.444 e. The Morgan fingerprint density at radius 3 is 2.62 bits per heavy atom. The number of nitrogens with zero attached hydrogens (tertiary/aromatic N) is 1. The predicted octanol–water partition coefficient (Wildman–Crippen LogP) is 2.14. The summed E-state index contributed by atoms with van der Waals surface area (Å²) in [6.07, 6.45) is 5.28. The fraction of sp³-hybridized carbons (Fsp3) is 0.938. The first-order valence-electron chi connectivity index (χ1n) is 8.17. The number of aliphatic hydroxyl groups is 1. The van der Waals surface area contributed by atoms with E-state index < -0.39 is 5.60 Å². The number of amides is 1. The molecule has 2 fully saturated rings. The molecular formula is C16H30N2O3. The van der Waals surface area contributed by atoms with Gasteiger partial charge in [0, 0.05) is 25.2 Å². The lowest BCUT2D eigenvalue weighted by atomic mass is 9.77. The van der Waals surface area contributed by atoms with Crippen molar-refractivity contribution in [1.82, 2.24) is 10.2 Å². The van der Waals surface area contributed by atoms with E-state index in [1.807, 2.05) is 25.7 Å². The minimum absolute atomic E-state index is 0.0474. The minimum Gasteiger partial charge on any atom is -0.444 e. The molecular weight excluding hydrogens is 268 g/mol. The standard InChI is InChI=1S/C16H30N2O3/c1-15(2,3)21-14(20)18-9-4-6-13(11-18)10-17-16(12-19)7-5-8-16/h13,17,19H,4-12H2,1-3H3. The van der Waals surface area contributed by atoms with Crippen LogP contribution >= 0.6 is 0 Å². The highest BCUT2D eigenvalue weighted by molar-refractivity contribution is 5.68. The third-order valence-corrected chi connectivity index (χ3v) is 4.55. The topological polar surface area (TPSA) is 61.8 Å². The van der Waals surface area contributed by atoms with E-state index in [0.29, 0.717) is 5.92 Å². The Kier molecular flexibility index (Phi) is 5.15. The zero-order valence-electron chi connectivity index (χ0n) is 13.7. The van der Waals surface area contributed by atoms with Gasteiger partial charge < -0.3 is 20.1 Å². The van der Waals surface area contributed by atoms with Crippen LogP contribution in [0, 0.1) is 5.92 Å². The Morgan fingerprint density at radius 1 is 1.38 bits per heavy atom. The monoisotopic (exact) mass is 298 g/mol. The van der Waals surface area contributed by atoms with Gasteiger partial charge in [0.15, 0.2) is 0 Å². The number of carbonyl (C=O) groups is 1. The Balaban J connectivity index is 1.79. The molecule has 0 aromatic heterocycles. The van der Waals surface area contributed by atoms with Crippen LogP contribution in [-0.2, 0) is 4.74 Å². The summed E-state index contributed by atoms with van der Waals surface area (Å²) >= 11 is 0. The lowest BCUT2D eigenvalue weighted by molar-refractivity contribution is 0.0149. The molecule has 0 radical (unpaired) electrons. The SMILES string of the molecule is CC(C)(C)OC(=O)N1CCCC(CNC2(CO)CCC2)C1. The van der Waals surface area contributed by atoms with Crippen LogP contribution in [0.5, 0.6) is 0 Å². The molecule has 5 heteroatoms. The Labute approximate surface area is 128 Å². The highest BCUT2D eigenvalue weighted by Crippen LogP contribution is 2.31. The predicted molar refractivity (Wildman–Crippen MR) is 82.2 cm³/mol. The summed E-state index contributed by atoms with van der Waals surface area (Å²) in [5.74, 6) is 0.454. The molecule has 1 heterocycles. The van der Waals surface area contributed by atoms with Crippen LogP contribution in [-0.4, -0.2) is 53.5 Å². The van der Waals surface area contributed by atoms with Gasteiger partial charge in [0.25, 0.3) is 0 Å². The van der Waals surface area contributed by atoms with Crippen LogP contribution in [0.1, 0.15) is 52.9 Å². The van der Waals surface area contributed by atoms with E-state index in [0.717, 1.165) is 45.3 Å². The number of hydrogen-bond donors (Lipinski definition) is 2. The summed E-state index contributed by atoms with van der Waals surface area (Å²) in [4.78, 5) is 14.0. The highest BCUT2D eigenvalue weighted by atomic mass is 16.6. The van der Waals surface area contributed by atoms with Gasteiger partial charge >= 0.3 is 6.09 Å². The summed E-state index contributed by atoms with van der Waals surface area (Å²) in [7, 11) is 0. The molecule has 1 aliphatic carbocycles. The van der Waals surface area contributed by atoms with Crippen molar-refractivity contribution < 1.29 is 14.6 Å². The zero-order chi connectivity index (χ0) is 15.5. The lowest BCUT2D eigenvalue weighted by Crippen LogP contribution is -2.56. The molecule has 2 rings (SSSR count). The van der Waals surface area contributed by atoms with E-state index in [4.69, 9.17) is 4.74 Å². The van der Waals surface area contributed by atoms with Crippen molar-refractivity contribution in [3.8, 4) is 0 Å². The summed E-state index contributed by atoms with van der Waals surface area (Å²) < 4.78 is 5.45. The van der Waals surface area contributed by atoms with Crippen molar-refractivity contribution >= 4 is 6.09 Å². The van der Waals surface area contributed by atoms with Crippen LogP contribution in [0.2, 0.25) is 0 Å². The van der Waals surface area contributed by atoms with E-state index in [1.54, 1.807) is 0 Å². The second-order valence-corrected chi connectivity index (χ2v) is 7.61. The van der Waals surface area contributed by atoms with Gasteiger partial charge in [-0.1, -0.05) is 0 Å². The Bertz CT molecular complexity index is 356. The molecule has 1 saturated heterocycles. The maximum Gasteiger partial charge on any atom is 0.410 e. The average Bonchev–Trinajstić information content (AvgIpc) is 2.36. The Morgan fingerprint density at radius 2 is 2.10 bits per heavy atom. The van der Waals surface area contributed by atoms with Crippen molar-refractivity contribution in [3.63, 3.8) is 0 Å². The molecule has 1 atom stereocenters. The first kappa shape index (κ1) is 16.6. The number of piperidine rings is 1. The third kappa shape index (κ3) is 4.58. The van der Waals surface area contributed by atoms with Gasteiger partial charge in [0.1, 0.15) is 5.60 Å². The van der Waals surface area contributed by atoms with Crippen LogP contribution in [0.4, 0.5) is 4.79 Å². The van der Waals surface area contributed by atoms with Gasteiger partial charge in [-0.15, -0.1) is 0 Å². The number of likely N-dealkylation sites (tertiary alicyclic amines) is 1.